The van der Waals surface area contributed by atoms with E-state index < -0.39 is 0 Å². The van der Waals surface area contributed by atoms with Gasteiger partial charge in [0.25, 0.3) is 0 Å². The van der Waals surface area contributed by atoms with Crippen LogP contribution >= 0.6 is 0 Å². The van der Waals surface area contributed by atoms with Crippen LogP contribution < -0.4 is 10.1 Å². The molecular formula is C17H21N7O2. The number of ether oxygens (including phenoxy) is 2. The zero-order chi connectivity index (χ0) is 17.8. The van der Waals surface area contributed by atoms with Crippen LogP contribution in [0.2, 0.25) is 0 Å². The van der Waals surface area contributed by atoms with E-state index in [2.05, 4.69) is 35.1 Å². The lowest BCUT2D eigenvalue weighted by molar-refractivity contribution is 0.0398. The van der Waals surface area contributed by atoms with Gasteiger partial charge in [0.05, 0.1) is 20.3 Å². The third-order valence-electron chi connectivity index (χ3n) is 4.33. The minimum absolute atomic E-state index is 0.565. The number of imidazole rings is 1. The van der Waals surface area contributed by atoms with E-state index >= 15 is 0 Å². The smallest absolute Gasteiger partial charge is 0.212 e. The van der Waals surface area contributed by atoms with Crippen molar-refractivity contribution in [1.82, 2.24) is 29.8 Å². The van der Waals surface area contributed by atoms with E-state index in [1.807, 2.05) is 6.07 Å². The van der Waals surface area contributed by atoms with Gasteiger partial charge in [0.15, 0.2) is 11.5 Å². The largest absolute Gasteiger partial charge is 0.481 e. The number of aromatic amines is 1. The molecule has 4 rings (SSSR count). The first-order valence-corrected chi connectivity index (χ1v) is 8.58. The van der Waals surface area contributed by atoms with Crippen LogP contribution in [0.25, 0.3) is 22.6 Å². The SMILES string of the molecule is COc1ccc(-c2nc3ncnc(NCCN4CCOCC4)c3[nH]2)cn1. The molecule has 26 heavy (non-hydrogen) atoms. The quantitative estimate of drug-likeness (QED) is 0.679. The fourth-order valence-corrected chi connectivity index (χ4v) is 2.90. The summed E-state index contributed by atoms with van der Waals surface area (Å²) < 4.78 is 10.5. The summed E-state index contributed by atoms with van der Waals surface area (Å²) in [6.07, 6.45) is 3.24. The summed E-state index contributed by atoms with van der Waals surface area (Å²) in [5, 5.41) is 3.38. The van der Waals surface area contributed by atoms with Crippen molar-refractivity contribution in [2.75, 3.05) is 51.8 Å². The number of anilines is 1. The van der Waals surface area contributed by atoms with Crippen molar-refractivity contribution in [2.45, 2.75) is 0 Å². The molecule has 0 saturated carbocycles. The molecule has 1 aliphatic heterocycles. The minimum atomic E-state index is 0.565. The molecule has 0 atom stereocenters. The Hall–Kier alpha value is -2.78. The second kappa shape index (κ2) is 7.63. The molecule has 4 heterocycles. The highest BCUT2D eigenvalue weighted by atomic mass is 16.5. The molecule has 0 aliphatic carbocycles. The third kappa shape index (κ3) is 3.58. The number of hydrogen-bond acceptors (Lipinski definition) is 8. The molecule has 0 aromatic carbocycles. The molecule has 1 saturated heterocycles. The van der Waals surface area contributed by atoms with E-state index in [-0.39, 0.29) is 0 Å². The van der Waals surface area contributed by atoms with Crippen molar-refractivity contribution in [3.8, 4) is 17.3 Å². The number of rotatable bonds is 6. The zero-order valence-corrected chi connectivity index (χ0v) is 14.6. The van der Waals surface area contributed by atoms with Crippen LogP contribution in [0.5, 0.6) is 5.88 Å². The zero-order valence-electron chi connectivity index (χ0n) is 14.6. The molecule has 136 valence electrons. The number of H-pyrrole nitrogens is 1. The molecule has 1 aliphatic rings. The molecule has 0 bridgehead atoms. The van der Waals surface area contributed by atoms with Gasteiger partial charge in [-0.15, -0.1) is 0 Å². The Labute approximate surface area is 150 Å². The van der Waals surface area contributed by atoms with E-state index in [4.69, 9.17) is 9.47 Å². The van der Waals surface area contributed by atoms with Crippen LogP contribution in [-0.4, -0.2) is 76.3 Å². The van der Waals surface area contributed by atoms with Crippen LogP contribution in [0.15, 0.2) is 24.7 Å². The lowest BCUT2D eigenvalue weighted by Gasteiger charge is -2.26. The average molecular weight is 355 g/mol. The molecule has 3 aromatic rings. The number of aromatic nitrogens is 5. The maximum absolute atomic E-state index is 5.37. The normalized spacial score (nSPS) is 15.3. The molecular weight excluding hydrogens is 334 g/mol. The fraction of sp³-hybridized carbons (Fsp3) is 0.412. The van der Waals surface area contributed by atoms with Crippen molar-refractivity contribution >= 4 is 17.0 Å². The monoisotopic (exact) mass is 355 g/mol. The van der Waals surface area contributed by atoms with Gasteiger partial charge in [0.2, 0.25) is 5.88 Å². The summed E-state index contributed by atoms with van der Waals surface area (Å²) in [5.41, 5.74) is 2.28. The van der Waals surface area contributed by atoms with E-state index in [9.17, 15) is 0 Å². The molecule has 2 N–H and O–H groups in total. The minimum Gasteiger partial charge on any atom is -0.481 e. The first-order chi connectivity index (χ1) is 12.8. The first kappa shape index (κ1) is 16.7. The molecule has 0 spiro atoms. The van der Waals surface area contributed by atoms with Crippen molar-refractivity contribution in [2.24, 2.45) is 0 Å². The lowest BCUT2D eigenvalue weighted by Crippen LogP contribution is -2.39. The summed E-state index contributed by atoms with van der Waals surface area (Å²) >= 11 is 0. The van der Waals surface area contributed by atoms with Crippen LogP contribution in [-0.2, 0) is 4.74 Å². The summed E-state index contributed by atoms with van der Waals surface area (Å²) in [5.74, 6) is 2.02. The number of methoxy groups -OCH3 is 1. The topological polar surface area (TPSA) is 101 Å². The predicted octanol–water partition coefficient (Wildman–Crippen LogP) is 1.17. The highest BCUT2D eigenvalue weighted by Crippen LogP contribution is 2.23. The third-order valence-corrected chi connectivity index (χ3v) is 4.33. The van der Waals surface area contributed by atoms with Gasteiger partial charge in [-0.05, 0) is 6.07 Å². The van der Waals surface area contributed by atoms with Crippen LogP contribution in [0.4, 0.5) is 5.82 Å². The second-order valence-corrected chi connectivity index (χ2v) is 5.98. The highest BCUT2D eigenvalue weighted by molar-refractivity contribution is 5.85. The van der Waals surface area contributed by atoms with Crippen molar-refractivity contribution < 1.29 is 9.47 Å². The van der Waals surface area contributed by atoms with Gasteiger partial charge in [0.1, 0.15) is 17.7 Å². The van der Waals surface area contributed by atoms with E-state index in [0.717, 1.165) is 56.3 Å². The number of fused-ring (bicyclic) bond motifs is 1. The molecule has 9 nitrogen and oxygen atoms in total. The Morgan fingerprint density at radius 1 is 1.23 bits per heavy atom. The molecule has 0 radical (unpaired) electrons. The fourth-order valence-electron chi connectivity index (χ4n) is 2.90. The summed E-state index contributed by atoms with van der Waals surface area (Å²) in [6.45, 7) is 5.29. The van der Waals surface area contributed by atoms with Crippen LogP contribution in [0.3, 0.4) is 0 Å². The number of morpholine rings is 1. The Bertz CT molecular complexity index is 859. The number of nitrogens with zero attached hydrogens (tertiary/aromatic N) is 5. The molecule has 9 heteroatoms. The maximum Gasteiger partial charge on any atom is 0.212 e. The van der Waals surface area contributed by atoms with Crippen molar-refractivity contribution in [1.29, 1.82) is 0 Å². The Kier molecular flexibility index (Phi) is 4.89. The standard InChI is InChI=1S/C17H21N7O2/c1-25-13-3-2-12(10-19-13)15-22-14-16(20-11-21-17(14)23-15)18-4-5-24-6-8-26-9-7-24/h2-3,10-11H,4-9H2,1H3,(H2,18,20,21,22,23). The predicted molar refractivity (Wildman–Crippen MR) is 97.2 cm³/mol. The number of hydrogen-bond donors (Lipinski definition) is 2. The summed E-state index contributed by atoms with van der Waals surface area (Å²) in [7, 11) is 1.59. The highest BCUT2D eigenvalue weighted by Gasteiger charge is 2.13. The number of pyridine rings is 1. The average Bonchev–Trinajstić information content (AvgIpc) is 3.14. The second-order valence-electron chi connectivity index (χ2n) is 5.98. The molecule has 0 amide bonds. The first-order valence-electron chi connectivity index (χ1n) is 8.58. The van der Waals surface area contributed by atoms with Crippen LogP contribution in [0, 0.1) is 0 Å². The van der Waals surface area contributed by atoms with Gasteiger partial charge in [-0.1, -0.05) is 0 Å². The van der Waals surface area contributed by atoms with Crippen molar-refractivity contribution in [3.05, 3.63) is 24.7 Å². The van der Waals surface area contributed by atoms with Gasteiger partial charge < -0.3 is 19.8 Å². The van der Waals surface area contributed by atoms with E-state index in [1.165, 1.54) is 6.33 Å². The van der Waals surface area contributed by atoms with Gasteiger partial charge in [-0.3, -0.25) is 4.90 Å². The van der Waals surface area contributed by atoms with Crippen molar-refractivity contribution in [3.63, 3.8) is 0 Å². The maximum atomic E-state index is 5.37. The van der Waals surface area contributed by atoms with Crippen LogP contribution in [0.1, 0.15) is 0 Å². The summed E-state index contributed by atoms with van der Waals surface area (Å²) in [6, 6.07) is 3.71. The van der Waals surface area contributed by atoms with Gasteiger partial charge in [-0.25, -0.2) is 19.9 Å². The van der Waals surface area contributed by atoms with E-state index in [0.29, 0.717) is 17.4 Å². The Morgan fingerprint density at radius 2 is 2.12 bits per heavy atom. The van der Waals surface area contributed by atoms with Gasteiger partial charge in [-0.2, -0.15) is 0 Å². The molecule has 0 unspecified atom stereocenters. The Balaban J connectivity index is 1.49. The van der Waals surface area contributed by atoms with E-state index in [1.54, 1.807) is 19.4 Å². The van der Waals surface area contributed by atoms with Gasteiger partial charge in [0, 0.05) is 44.0 Å². The number of nitrogens with one attached hydrogen (secondary N) is 2. The lowest BCUT2D eigenvalue weighted by atomic mass is 10.3. The Morgan fingerprint density at radius 3 is 2.88 bits per heavy atom. The summed E-state index contributed by atoms with van der Waals surface area (Å²) in [4.78, 5) is 23.0. The van der Waals surface area contributed by atoms with Gasteiger partial charge >= 0.3 is 0 Å². The molecule has 1 fully saturated rings. The molecule has 3 aromatic heterocycles.